The van der Waals surface area contributed by atoms with E-state index in [4.69, 9.17) is 9.51 Å². The monoisotopic (exact) mass is 575 g/mol. The molecule has 0 saturated carbocycles. The number of pyridine rings is 1. The molecule has 0 atom stereocenters. The van der Waals surface area contributed by atoms with Crippen LogP contribution >= 0.6 is 11.8 Å². The Morgan fingerprint density at radius 2 is 1.51 bits per heavy atom. The second kappa shape index (κ2) is 10.4. The normalized spacial score (nSPS) is 11.8. The summed E-state index contributed by atoms with van der Waals surface area (Å²) in [5.41, 5.74) is -0.101. The van der Waals surface area contributed by atoms with E-state index in [1.165, 1.54) is 36.4 Å². The first-order valence-corrected chi connectivity index (χ1v) is 13.1. The Bertz CT molecular complexity index is 1900. The lowest BCUT2D eigenvalue weighted by Gasteiger charge is -2.13. The second-order valence-electron chi connectivity index (χ2n) is 9.18. The molecule has 0 radical (unpaired) electrons. The summed E-state index contributed by atoms with van der Waals surface area (Å²) < 4.78 is 72.9. The number of rotatable bonds is 5. The summed E-state index contributed by atoms with van der Waals surface area (Å²) in [5.74, 6) is -0.673. The number of hydrogen-bond acceptors (Lipinski definition) is 5. The van der Waals surface area contributed by atoms with Gasteiger partial charge in [0.05, 0.1) is 16.8 Å². The third-order valence-electron chi connectivity index (χ3n) is 6.50. The first-order chi connectivity index (χ1) is 19.7. The highest BCUT2D eigenvalue weighted by Crippen LogP contribution is 2.40. The lowest BCUT2D eigenvalue weighted by Crippen LogP contribution is -1.99. The molecule has 10 heteroatoms. The first kappa shape index (κ1) is 26.6. The molecule has 41 heavy (non-hydrogen) atoms. The van der Waals surface area contributed by atoms with Gasteiger partial charge < -0.3 is 4.52 Å². The zero-order valence-electron chi connectivity index (χ0n) is 21.2. The van der Waals surface area contributed by atoms with Crippen LogP contribution in [0.1, 0.15) is 5.56 Å². The molecule has 6 rings (SSSR count). The highest BCUT2D eigenvalue weighted by molar-refractivity contribution is 8.00. The predicted octanol–water partition coefficient (Wildman–Crippen LogP) is 9.48. The summed E-state index contributed by atoms with van der Waals surface area (Å²) in [5, 5.41) is 4.44. The highest BCUT2D eigenvalue weighted by atomic mass is 32.2. The van der Waals surface area contributed by atoms with Crippen LogP contribution in [-0.4, -0.2) is 20.6 Å². The lowest BCUT2D eigenvalue weighted by molar-refractivity contribution is -0.0328. The summed E-state index contributed by atoms with van der Waals surface area (Å²) in [7, 11) is 0. The van der Waals surface area contributed by atoms with Crippen molar-refractivity contribution in [3.63, 3.8) is 0 Å². The summed E-state index contributed by atoms with van der Waals surface area (Å²) in [6.07, 6.45) is 0. The van der Waals surface area contributed by atoms with E-state index in [1.807, 2.05) is 12.1 Å². The van der Waals surface area contributed by atoms with Gasteiger partial charge in [-0.1, -0.05) is 59.8 Å². The van der Waals surface area contributed by atoms with Crippen molar-refractivity contribution in [2.24, 2.45) is 0 Å². The number of aromatic nitrogens is 3. The lowest BCUT2D eigenvalue weighted by atomic mass is 9.96. The van der Waals surface area contributed by atoms with Gasteiger partial charge in [0.15, 0.2) is 0 Å². The maximum Gasteiger partial charge on any atom is 0.446 e. The van der Waals surface area contributed by atoms with Crippen molar-refractivity contribution in [3.8, 4) is 45.2 Å². The topological polar surface area (TPSA) is 51.8 Å². The number of fused-ring (bicyclic) bond motifs is 1. The molecule has 204 valence electrons. The van der Waals surface area contributed by atoms with E-state index >= 15 is 0 Å². The molecule has 0 aliphatic rings. The zero-order valence-corrected chi connectivity index (χ0v) is 22.0. The molecular formula is C31H18F5N3OS. The van der Waals surface area contributed by atoms with Gasteiger partial charge in [0.25, 0.3) is 5.89 Å². The number of alkyl halides is 3. The molecule has 2 heterocycles. The van der Waals surface area contributed by atoms with Gasteiger partial charge >= 0.3 is 5.51 Å². The number of thioether (sulfide) groups is 1. The third kappa shape index (κ3) is 5.43. The molecule has 2 aromatic heterocycles. The first-order valence-electron chi connectivity index (χ1n) is 12.3. The van der Waals surface area contributed by atoms with Gasteiger partial charge in [-0.15, -0.1) is 0 Å². The fourth-order valence-corrected chi connectivity index (χ4v) is 5.26. The van der Waals surface area contributed by atoms with Crippen molar-refractivity contribution >= 4 is 22.7 Å². The zero-order chi connectivity index (χ0) is 28.7. The van der Waals surface area contributed by atoms with Crippen molar-refractivity contribution in [2.75, 3.05) is 0 Å². The van der Waals surface area contributed by atoms with Crippen LogP contribution in [0.4, 0.5) is 22.0 Å². The van der Waals surface area contributed by atoms with E-state index in [1.54, 1.807) is 49.4 Å². The van der Waals surface area contributed by atoms with E-state index in [0.717, 1.165) is 5.56 Å². The molecule has 0 bridgehead atoms. The van der Waals surface area contributed by atoms with Gasteiger partial charge in [-0.3, -0.25) is 0 Å². The van der Waals surface area contributed by atoms with Crippen molar-refractivity contribution < 1.29 is 26.5 Å². The van der Waals surface area contributed by atoms with E-state index in [-0.39, 0.29) is 34.2 Å². The van der Waals surface area contributed by atoms with E-state index in [2.05, 4.69) is 10.1 Å². The van der Waals surface area contributed by atoms with E-state index in [0.29, 0.717) is 44.4 Å². The average Bonchev–Trinajstić information content (AvgIpc) is 3.42. The van der Waals surface area contributed by atoms with Crippen LogP contribution in [-0.2, 0) is 0 Å². The Balaban J connectivity index is 1.45. The van der Waals surface area contributed by atoms with E-state index in [9.17, 15) is 22.0 Å². The van der Waals surface area contributed by atoms with Gasteiger partial charge in [-0.2, -0.15) is 18.2 Å². The fourth-order valence-electron chi connectivity index (χ4n) is 4.66. The number of nitrogens with zero attached hydrogens (tertiary/aromatic N) is 3. The van der Waals surface area contributed by atoms with Crippen LogP contribution in [0.2, 0.25) is 0 Å². The number of benzene rings is 4. The second-order valence-corrected chi connectivity index (χ2v) is 10.3. The predicted molar refractivity (Wildman–Crippen MR) is 148 cm³/mol. The molecule has 0 fully saturated rings. The van der Waals surface area contributed by atoms with Gasteiger partial charge in [0.1, 0.15) is 11.6 Å². The summed E-state index contributed by atoms with van der Waals surface area (Å²) in [6, 6.07) is 23.6. The van der Waals surface area contributed by atoms with Crippen molar-refractivity contribution in [3.05, 3.63) is 108 Å². The van der Waals surface area contributed by atoms with Crippen LogP contribution in [0.15, 0.2) is 100 Å². The Morgan fingerprint density at radius 1 is 0.756 bits per heavy atom. The Morgan fingerprint density at radius 3 is 2.27 bits per heavy atom. The van der Waals surface area contributed by atoms with Crippen molar-refractivity contribution in [1.82, 2.24) is 15.1 Å². The quantitative estimate of drug-likeness (QED) is 0.151. The Labute approximate surface area is 234 Å². The minimum atomic E-state index is -4.44. The summed E-state index contributed by atoms with van der Waals surface area (Å²) >= 11 is -0.238. The average molecular weight is 576 g/mol. The molecule has 4 aromatic carbocycles. The van der Waals surface area contributed by atoms with Gasteiger partial charge in [0, 0.05) is 27.0 Å². The Hall–Kier alpha value is -4.57. The van der Waals surface area contributed by atoms with Crippen LogP contribution < -0.4 is 0 Å². The summed E-state index contributed by atoms with van der Waals surface area (Å²) in [6.45, 7) is 1.79. The Kier molecular flexibility index (Phi) is 6.78. The van der Waals surface area contributed by atoms with Crippen LogP contribution in [0.25, 0.3) is 56.1 Å². The van der Waals surface area contributed by atoms with Gasteiger partial charge in [-0.25, -0.2) is 13.8 Å². The van der Waals surface area contributed by atoms with Gasteiger partial charge in [-0.05, 0) is 66.2 Å². The fraction of sp³-hybridized carbons (Fsp3) is 0.0645. The van der Waals surface area contributed by atoms with Crippen LogP contribution in [0.3, 0.4) is 0 Å². The third-order valence-corrected chi connectivity index (χ3v) is 7.22. The molecule has 0 saturated heterocycles. The summed E-state index contributed by atoms with van der Waals surface area (Å²) in [4.78, 5) is 9.21. The molecule has 0 aliphatic carbocycles. The van der Waals surface area contributed by atoms with Crippen molar-refractivity contribution in [2.45, 2.75) is 17.3 Å². The maximum atomic E-state index is 14.4. The molecule has 0 unspecified atom stereocenters. The largest absolute Gasteiger partial charge is 0.446 e. The molecule has 0 N–H and O–H groups in total. The molecule has 6 aromatic rings. The van der Waals surface area contributed by atoms with Crippen LogP contribution in [0, 0.1) is 18.6 Å². The molecule has 0 spiro atoms. The molecular weight excluding hydrogens is 557 g/mol. The number of hydrogen-bond donors (Lipinski definition) is 0. The maximum absolute atomic E-state index is 14.4. The smallest absolute Gasteiger partial charge is 0.334 e. The minimum absolute atomic E-state index is 0.0184. The van der Waals surface area contributed by atoms with Crippen LogP contribution in [0.5, 0.6) is 0 Å². The highest BCUT2D eigenvalue weighted by Gasteiger charge is 2.29. The van der Waals surface area contributed by atoms with E-state index < -0.39 is 11.3 Å². The SMILES string of the molecule is Cc1c(-c2ccc(-c3ccccc3F)cc2)nc2ccc(F)cc2c1-c1nc(-c2cccc(SC(F)(F)F)c2)no1. The molecule has 0 aliphatic heterocycles. The number of halogens is 5. The minimum Gasteiger partial charge on any atom is -0.334 e. The van der Waals surface area contributed by atoms with Crippen molar-refractivity contribution in [1.29, 1.82) is 0 Å². The molecule has 0 amide bonds. The molecule has 4 nitrogen and oxygen atoms in total. The van der Waals surface area contributed by atoms with Gasteiger partial charge in [0.2, 0.25) is 5.82 Å². The standard InChI is InChI=1S/C31H18F5N3OS/c1-17-27(30-38-29(39-40-30)20-5-4-6-22(15-20)41-31(34,35)36)24-16-21(32)13-14-26(24)37-28(17)19-11-9-18(10-12-19)23-7-2-3-8-25(23)33/h2-16H,1H3.